The number of carbonyl (C=O) groups is 3. The Kier molecular flexibility index (Phi) is 7.59. The summed E-state index contributed by atoms with van der Waals surface area (Å²) in [4.78, 5) is 47.0. The molecule has 6 rings (SSSR count). The number of nitrogens with one attached hydrogen (secondary N) is 2. The summed E-state index contributed by atoms with van der Waals surface area (Å²) >= 11 is 1.31. The highest BCUT2D eigenvalue weighted by Crippen LogP contribution is 2.51. The van der Waals surface area contributed by atoms with Gasteiger partial charge in [0.05, 0.1) is 17.4 Å². The Balaban J connectivity index is 1.21. The molecule has 4 heterocycles. The number of aryl methyl sites for hydroxylation is 1. The van der Waals surface area contributed by atoms with Crippen LogP contribution in [0.3, 0.4) is 0 Å². The Morgan fingerprint density at radius 1 is 1.14 bits per heavy atom. The molecule has 2 N–H and O–H groups in total. The average Bonchev–Trinajstić information content (AvgIpc) is 3.37. The SMILES string of the molecule is C/C=C(\F)C(=O)N1CCCC(NC(=O)[C@@H]2Sc3nccc4c3C2NC(=O)N4c2ccc(Oc3ccccc3)cc2C)C1. The number of halogens is 1. The molecule has 0 bridgehead atoms. The number of carbonyl (C=O) groups excluding carboxylic acids is 3. The number of anilines is 2. The molecule has 0 spiro atoms. The summed E-state index contributed by atoms with van der Waals surface area (Å²) in [7, 11) is 0. The number of aromatic nitrogens is 1. The molecule has 4 amide bonds. The predicted octanol–water partition coefficient (Wildman–Crippen LogP) is 5.54. The molecule has 2 aromatic carbocycles. The maximum absolute atomic E-state index is 13.9. The third-order valence-corrected chi connectivity index (χ3v) is 8.95. The monoisotopic (exact) mass is 587 g/mol. The summed E-state index contributed by atoms with van der Waals surface area (Å²) in [5.74, 6) is -0.351. The van der Waals surface area contributed by atoms with Crippen LogP contribution in [0.1, 0.15) is 36.9 Å². The minimum absolute atomic E-state index is 0.230. The zero-order valence-corrected chi connectivity index (χ0v) is 24.0. The summed E-state index contributed by atoms with van der Waals surface area (Å²) < 4.78 is 19.8. The van der Waals surface area contributed by atoms with Crippen LogP contribution in [0.25, 0.3) is 0 Å². The van der Waals surface area contributed by atoms with E-state index in [1.807, 2.05) is 55.5 Å². The van der Waals surface area contributed by atoms with Gasteiger partial charge >= 0.3 is 6.03 Å². The molecule has 0 saturated carbocycles. The van der Waals surface area contributed by atoms with E-state index < -0.39 is 23.0 Å². The number of benzene rings is 2. The van der Waals surface area contributed by atoms with E-state index in [1.165, 1.54) is 23.6 Å². The number of hydrogen-bond acceptors (Lipinski definition) is 6. The smallest absolute Gasteiger partial charge is 0.327 e. The molecule has 3 atom stereocenters. The number of urea groups is 1. The second kappa shape index (κ2) is 11.5. The molecular formula is C31H30FN5O4S. The van der Waals surface area contributed by atoms with Gasteiger partial charge in [-0.05, 0) is 74.7 Å². The van der Waals surface area contributed by atoms with Gasteiger partial charge < -0.3 is 20.3 Å². The second-order valence-electron chi connectivity index (χ2n) is 10.4. The fourth-order valence-electron chi connectivity index (χ4n) is 5.67. The van der Waals surface area contributed by atoms with Gasteiger partial charge in [-0.15, -0.1) is 0 Å². The number of para-hydroxylation sites is 1. The van der Waals surface area contributed by atoms with E-state index >= 15 is 0 Å². The Morgan fingerprint density at radius 2 is 1.95 bits per heavy atom. The van der Waals surface area contributed by atoms with Gasteiger partial charge in [0.25, 0.3) is 5.91 Å². The van der Waals surface area contributed by atoms with Gasteiger partial charge in [-0.2, -0.15) is 0 Å². The zero-order chi connectivity index (χ0) is 29.4. The van der Waals surface area contributed by atoms with Crippen molar-refractivity contribution in [3.63, 3.8) is 0 Å². The fraction of sp³-hybridized carbons (Fsp3) is 0.290. The number of likely N-dealkylation sites (tertiary alicyclic amines) is 1. The van der Waals surface area contributed by atoms with E-state index in [4.69, 9.17) is 4.74 Å². The number of pyridine rings is 1. The van der Waals surface area contributed by atoms with Crippen LogP contribution in [0, 0.1) is 6.92 Å². The quantitative estimate of drug-likeness (QED) is 0.367. The Labute approximate surface area is 247 Å². The highest BCUT2D eigenvalue weighted by atomic mass is 32.2. The van der Waals surface area contributed by atoms with Crippen molar-refractivity contribution in [2.45, 2.75) is 49.0 Å². The second-order valence-corrected chi connectivity index (χ2v) is 11.6. The van der Waals surface area contributed by atoms with Crippen molar-refractivity contribution in [1.29, 1.82) is 0 Å². The number of allylic oxidation sites excluding steroid dienone is 1. The molecule has 2 unspecified atom stereocenters. The standard InChI is InChI=1S/C31H30FN5O4S/c1-3-22(32)30(39)36-15-7-8-19(17-36)34-28(38)27-26-25-24(13-14-33-29(25)42-27)37(31(40)35-26)23-12-11-21(16-18(23)2)41-20-9-5-4-6-10-20/h3-6,9-14,16,19,26-27H,7-8,15,17H2,1-2H3,(H,34,38)(H,35,40)/b22-3-/t19?,26?,27-/m1/s1. The lowest BCUT2D eigenvalue weighted by atomic mass is 9.98. The number of amides is 4. The van der Waals surface area contributed by atoms with Crippen LogP contribution in [0.15, 0.2) is 77.7 Å². The molecule has 3 aromatic rings. The van der Waals surface area contributed by atoms with Crippen molar-refractivity contribution in [3.8, 4) is 11.5 Å². The first-order valence-corrected chi connectivity index (χ1v) is 14.7. The van der Waals surface area contributed by atoms with E-state index in [0.29, 0.717) is 47.3 Å². The third-order valence-electron chi connectivity index (χ3n) is 7.67. The van der Waals surface area contributed by atoms with Gasteiger partial charge in [-0.25, -0.2) is 14.2 Å². The number of nitrogens with zero attached hydrogens (tertiary/aromatic N) is 3. The van der Waals surface area contributed by atoms with Gasteiger partial charge in [-0.1, -0.05) is 30.0 Å². The van der Waals surface area contributed by atoms with Crippen molar-refractivity contribution in [2.24, 2.45) is 0 Å². The van der Waals surface area contributed by atoms with Crippen LogP contribution >= 0.6 is 11.8 Å². The number of ether oxygens (including phenoxy) is 1. The zero-order valence-electron chi connectivity index (χ0n) is 23.2. The van der Waals surface area contributed by atoms with Crippen molar-refractivity contribution in [1.82, 2.24) is 20.5 Å². The highest BCUT2D eigenvalue weighted by Gasteiger charge is 2.47. The van der Waals surface area contributed by atoms with E-state index in [9.17, 15) is 18.8 Å². The molecule has 0 aliphatic carbocycles. The molecule has 42 heavy (non-hydrogen) atoms. The first-order valence-electron chi connectivity index (χ1n) is 13.8. The normalized spacial score (nSPS) is 21.5. The largest absolute Gasteiger partial charge is 0.457 e. The molecule has 216 valence electrons. The lowest BCUT2D eigenvalue weighted by Gasteiger charge is -2.36. The van der Waals surface area contributed by atoms with Crippen LogP contribution in [0.4, 0.5) is 20.6 Å². The first-order chi connectivity index (χ1) is 20.3. The van der Waals surface area contributed by atoms with E-state index in [2.05, 4.69) is 15.6 Å². The summed E-state index contributed by atoms with van der Waals surface area (Å²) in [6, 6.07) is 15.6. The minimum atomic E-state index is -0.801. The number of piperidine rings is 1. The van der Waals surface area contributed by atoms with E-state index in [0.717, 1.165) is 17.2 Å². The molecule has 3 aliphatic heterocycles. The summed E-state index contributed by atoms with van der Waals surface area (Å²) in [6.45, 7) is 4.06. The highest BCUT2D eigenvalue weighted by molar-refractivity contribution is 8.01. The molecular weight excluding hydrogens is 557 g/mol. The Bertz CT molecular complexity index is 1580. The van der Waals surface area contributed by atoms with Crippen molar-refractivity contribution in [3.05, 3.63) is 83.8 Å². The Morgan fingerprint density at radius 3 is 2.71 bits per heavy atom. The summed E-state index contributed by atoms with van der Waals surface area (Å²) in [5.41, 5.74) is 3.00. The molecule has 9 nitrogen and oxygen atoms in total. The van der Waals surface area contributed by atoms with Crippen LogP contribution < -0.4 is 20.3 Å². The van der Waals surface area contributed by atoms with Crippen LogP contribution in [-0.2, 0) is 9.59 Å². The molecule has 1 saturated heterocycles. The van der Waals surface area contributed by atoms with Crippen LogP contribution in [0.2, 0.25) is 0 Å². The topological polar surface area (TPSA) is 104 Å². The van der Waals surface area contributed by atoms with Gasteiger partial charge in [0, 0.05) is 30.9 Å². The van der Waals surface area contributed by atoms with Crippen molar-refractivity contribution in [2.75, 3.05) is 18.0 Å². The first kappa shape index (κ1) is 27.8. The van der Waals surface area contributed by atoms with Crippen molar-refractivity contribution < 1.29 is 23.5 Å². The third kappa shape index (κ3) is 5.20. The lowest BCUT2D eigenvalue weighted by Crippen LogP contribution is -2.53. The maximum atomic E-state index is 13.9. The maximum Gasteiger partial charge on any atom is 0.327 e. The van der Waals surface area contributed by atoms with Gasteiger partial charge in [0.1, 0.15) is 21.8 Å². The van der Waals surface area contributed by atoms with Crippen LogP contribution in [0.5, 0.6) is 11.5 Å². The lowest BCUT2D eigenvalue weighted by molar-refractivity contribution is -0.131. The van der Waals surface area contributed by atoms with E-state index in [-0.39, 0.29) is 24.5 Å². The molecule has 1 fully saturated rings. The summed E-state index contributed by atoms with van der Waals surface area (Å²) in [6.07, 6.45) is 4.12. The summed E-state index contributed by atoms with van der Waals surface area (Å²) in [5, 5.41) is 6.11. The predicted molar refractivity (Wildman–Crippen MR) is 158 cm³/mol. The van der Waals surface area contributed by atoms with Gasteiger partial charge in [0.2, 0.25) is 5.91 Å². The van der Waals surface area contributed by atoms with Crippen LogP contribution in [-0.4, -0.2) is 52.1 Å². The molecule has 11 heteroatoms. The van der Waals surface area contributed by atoms with E-state index in [1.54, 1.807) is 17.2 Å². The van der Waals surface area contributed by atoms with Crippen molar-refractivity contribution >= 4 is 41.0 Å². The number of thioether (sulfide) groups is 1. The number of rotatable bonds is 6. The molecule has 0 radical (unpaired) electrons. The Hall–Kier alpha value is -4.38. The minimum Gasteiger partial charge on any atom is -0.457 e. The number of hydrogen-bond donors (Lipinski definition) is 2. The molecule has 1 aromatic heterocycles. The average molecular weight is 588 g/mol. The fourth-order valence-corrected chi connectivity index (χ4v) is 6.90. The molecule has 3 aliphatic rings. The van der Waals surface area contributed by atoms with Gasteiger partial charge in [0.15, 0.2) is 5.83 Å². The van der Waals surface area contributed by atoms with Gasteiger partial charge in [-0.3, -0.25) is 14.5 Å².